The van der Waals surface area contributed by atoms with E-state index in [0.717, 1.165) is 5.56 Å². The van der Waals surface area contributed by atoms with Crippen LogP contribution in [-0.2, 0) is 0 Å². The van der Waals surface area contributed by atoms with E-state index in [9.17, 15) is 4.79 Å². The summed E-state index contributed by atoms with van der Waals surface area (Å²) in [5.41, 5.74) is 3.33. The fraction of sp³-hybridized carbons (Fsp3) is 0.250. The second-order valence-electron chi connectivity index (χ2n) is 3.55. The standard InChI is InChI=1S/C12H12O/c1-8-3-4-10-5-6-11(9(2)13)7-12(8)10/h3-8H,1-2H3. The summed E-state index contributed by atoms with van der Waals surface area (Å²) in [6.07, 6.45) is 4.28. The van der Waals surface area contributed by atoms with Crippen molar-refractivity contribution in [3.05, 3.63) is 41.0 Å². The molecule has 0 spiro atoms. The van der Waals surface area contributed by atoms with Gasteiger partial charge in [-0.2, -0.15) is 0 Å². The molecule has 1 heteroatoms. The first-order chi connectivity index (χ1) is 6.18. The van der Waals surface area contributed by atoms with Crippen LogP contribution in [0, 0.1) is 0 Å². The molecule has 1 aliphatic carbocycles. The van der Waals surface area contributed by atoms with Gasteiger partial charge in [-0.25, -0.2) is 0 Å². The summed E-state index contributed by atoms with van der Waals surface area (Å²) >= 11 is 0. The van der Waals surface area contributed by atoms with E-state index in [4.69, 9.17) is 0 Å². The highest BCUT2D eigenvalue weighted by Crippen LogP contribution is 2.30. The van der Waals surface area contributed by atoms with Crippen molar-refractivity contribution >= 4 is 11.9 Å². The monoisotopic (exact) mass is 172 g/mol. The third kappa shape index (κ3) is 1.31. The number of carbonyl (C=O) groups excluding carboxylic acids is 1. The lowest BCUT2D eigenvalue weighted by atomic mass is 9.99. The molecule has 1 nitrogen and oxygen atoms in total. The van der Waals surface area contributed by atoms with Crippen LogP contribution in [0.5, 0.6) is 0 Å². The lowest BCUT2D eigenvalue weighted by Crippen LogP contribution is -1.95. The zero-order chi connectivity index (χ0) is 9.42. The van der Waals surface area contributed by atoms with Gasteiger partial charge in [-0.1, -0.05) is 31.2 Å². The Bertz CT molecular complexity index is 388. The van der Waals surface area contributed by atoms with Crippen LogP contribution < -0.4 is 0 Å². The van der Waals surface area contributed by atoms with Crippen molar-refractivity contribution in [2.24, 2.45) is 0 Å². The summed E-state index contributed by atoms with van der Waals surface area (Å²) in [6.45, 7) is 3.75. The number of allylic oxidation sites excluding steroid dienone is 1. The molecule has 0 fully saturated rings. The Labute approximate surface area is 78.1 Å². The minimum absolute atomic E-state index is 0.141. The minimum atomic E-state index is 0.141. The van der Waals surface area contributed by atoms with E-state index in [2.05, 4.69) is 19.1 Å². The van der Waals surface area contributed by atoms with Crippen molar-refractivity contribution in [3.8, 4) is 0 Å². The molecule has 0 aromatic heterocycles. The highest BCUT2D eigenvalue weighted by molar-refractivity contribution is 5.94. The largest absolute Gasteiger partial charge is 0.295 e. The molecule has 1 unspecified atom stereocenters. The van der Waals surface area contributed by atoms with Crippen LogP contribution in [-0.4, -0.2) is 5.78 Å². The maximum atomic E-state index is 11.1. The van der Waals surface area contributed by atoms with E-state index in [1.165, 1.54) is 11.1 Å². The van der Waals surface area contributed by atoms with Crippen molar-refractivity contribution in [2.45, 2.75) is 19.8 Å². The molecule has 0 N–H and O–H groups in total. The van der Waals surface area contributed by atoms with Gasteiger partial charge < -0.3 is 0 Å². The van der Waals surface area contributed by atoms with E-state index in [-0.39, 0.29) is 5.78 Å². The second kappa shape index (κ2) is 2.84. The van der Waals surface area contributed by atoms with E-state index in [1.807, 2.05) is 18.2 Å². The fourth-order valence-corrected chi connectivity index (χ4v) is 1.69. The van der Waals surface area contributed by atoms with Gasteiger partial charge in [0.15, 0.2) is 5.78 Å². The first-order valence-electron chi connectivity index (χ1n) is 4.51. The van der Waals surface area contributed by atoms with Gasteiger partial charge in [-0.15, -0.1) is 0 Å². The number of Topliss-reactive ketones (excluding diaryl/α,β-unsaturated/α-hetero) is 1. The SMILES string of the molecule is CC(=O)c1ccc2c(c1)C(C)C=C2. The topological polar surface area (TPSA) is 17.1 Å². The Hall–Kier alpha value is -1.37. The molecule has 1 aromatic rings. The second-order valence-corrected chi connectivity index (χ2v) is 3.55. The first-order valence-corrected chi connectivity index (χ1v) is 4.51. The summed E-state index contributed by atoms with van der Waals surface area (Å²) in [6, 6.07) is 5.91. The predicted octanol–water partition coefficient (Wildman–Crippen LogP) is 3.02. The molecule has 0 saturated carbocycles. The smallest absolute Gasteiger partial charge is 0.159 e. The van der Waals surface area contributed by atoms with Gasteiger partial charge in [0.2, 0.25) is 0 Å². The van der Waals surface area contributed by atoms with E-state index in [0.29, 0.717) is 5.92 Å². The van der Waals surface area contributed by atoms with Gasteiger partial charge in [0.25, 0.3) is 0 Å². The van der Waals surface area contributed by atoms with Crippen LogP contribution in [0.3, 0.4) is 0 Å². The van der Waals surface area contributed by atoms with Crippen LogP contribution in [0.15, 0.2) is 24.3 Å². The van der Waals surface area contributed by atoms with Crippen molar-refractivity contribution in [1.29, 1.82) is 0 Å². The molecular weight excluding hydrogens is 160 g/mol. The molecule has 13 heavy (non-hydrogen) atoms. The molecule has 0 heterocycles. The molecule has 0 saturated heterocycles. The zero-order valence-electron chi connectivity index (χ0n) is 7.87. The lowest BCUT2D eigenvalue weighted by Gasteiger charge is -2.05. The molecule has 0 aliphatic heterocycles. The maximum Gasteiger partial charge on any atom is 0.159 e. The van der Waals surface area contributed by atoms with Gasteiger partial charge in [0.05, 0.1) is 0 Å². The van der Waals surface area contributed by atoms with E-state index >= 15 is 0 Å². The molecular formula is C12H12O. The average Bonchev–Trinajstić information content (AvgIpc) is 2.47. The Morgan fingerprint density at radius 1 is 1.38 bits per heavy atom. The summed E-state index contributed by atoms with van der Waals surface area (Å²) in [5, 5.41) is 0. The Kier molecular flexibility index (Phi) is 1.80. The number of benzene rings is 1. The van der Waals surface area contributed by atoms with Gasteiger partial charge in [0.1, 0.15) is 0 Å². The highest BCUT2D eigenvalue weighted by Gasteiger charge is 2.13. The Morgan fingerprint density at radius 3 is 2.85 bits per heavy atom. The fourth-order valence-electron chi connectivity index (χ4n) is 1.69. The van der Waals surface area contributed by atoms with Crippen molar-refractivity contribution < 1.29 is 4.79 Å². The number of hydrogen-bond donors (Lipinski definition) is 0. The number of hydrogen-bond acceptors (Lipinski definition) is 1. The third-order valence-corrected chi connectivity index (χ3v) is 2.55. The molecule has 2 rings (SSSR count). The Morgan fingerprint density at radius 2 is 2.15 bits per heavy atom. The van der Waals surface area contributed by atoms with E-state index < -0.39 is 0 Å². The van der Waals surface area contributed by atoms with Crippen LogP contribution in [0.2, 0.25) is 0 Å². The van der Waals surface area contributed by atoms with Crippen LogP contribution in [0.1, 0.15) is 41.3 Å². The Balaban J connectivity index is 2.51. The van der Waals surface area contributed by atoms with Gasteiger partial charge in [-0.05, 0) is 30.0 Å². The number of carbonyl (C=O) groups is 1. The van der Waals surface area contributed by atoms with Gasteiger partial charge in [-0.3, -0.25) is 4.79 Å². The summed E-state index contributed by atoms with van der Waals surface area (Å²) in [5.74, 6) is 0.594. The van der Waals surface area contributed by atoms with E-state index in [1.54, 1.807) is 6.92 Å². The maximum absolute atomic E-state index is 11.1. The van der Waals surface area contributed by atoms with Crippen LogP contribution in [0.25, 0.3) is 6.08 Å². The molecule has 1 aromatic carbocycles. The summed E-state index contributed by atoms with van der Waals surface area (Å²) in [4.78, 5) is 11.1. The molecule has 0 bridgehead atoms. The number of rotatable bonds is 1. The summed E-state index contributed by atoms with van der Waals surface area (Å²) in [7, 11) is 0. The first kappa shape index (κ1) is 8.24. The van der Waals surface area contributed by atoms with Crippen LogP contribution >= 0.6 is 0 Å². The van der Waals surface area contributed by atoms with Gasteiger partial charge >= 0.3 is 0 Å². The van der Waals surface area contributed by atoms with Crippen molar-refractivity contribution in [2.75, 3.05) is 0 Å². The average molecular weight is 172 g/mol. The molecule has 66 valence electrons. The number of ketones is 1. The lowest BCUT2D eigenvalue weighted by molar-refractivity contribution is 0.101. The normalized spacial score (nSPS) is 18.8. The molecule has 0 amide bonds. The van der Waals surface area contributed by atoms with Crippen molar-refractivity contribution in [1.82, 2.24) is 0 Å². The third-order valence-electron chi connectivity index (χ3n) is 2.55. The zero-order valence-corrected chi connectivity index (χ0v) is 7.87. The van der Waals surface area contributed by atoms with Crippen LogP contribution in [0.4, 0.5) is 0 Å². The highest BCUT2D eigenvalue weighted by atomic mass is 16.1. The number of fused-ring (bicyclic) bond motifs is 1. The molecule has 1 aliphatic rings. The minimum Gasteiger partial charge on any atom is -0.295 e. The quantitative estimate of drug-likeness (QED) is 0.595. The van der Waals surface area contributed by atoms with Crippen molar-refractivity contribution in [3.63, 3.8) is 0 Å². The predicted molar refractivity (Wildman–Crippen MR) is 53.9 cm³/mol. The molecule has 0 radical (unpaired) electrons. The summed E-state index contributed by atoms with van der Waals surface area (Å²) < 4.78 is 0. The van der Waals surface area contributed by atoms with Gasteiger partial charge in [0, 0.05) is 5.56 Å². The molecule has 1 atom stereocenters.